The van der Waals surface area contributed by atoms with Crippen LogP contribution in [0.15, 0.2) is 23.3 Å². The Labute approximate surface area is 105 Å². The number of H-pyrrole nitrogens is 1. The molecule has 0 spiro atoms. The van der Waals surface area contributed by atoms with Crippen molar-refractivity contribution in [1.82, 2.24) is 25.1 Å². The summed E-state index contributed by atoms with van der Waals surface area (Å²) in [6.07, 6.45) is 4.56. The van der Waals surface area contributed by atoms with E-state index in [9.17, 15) is 4.79 Å². The molecule has 0 aliphatic rings. The topological polar surface area (TPSA) is 75.6 Å². The monoisotopic (exact) mass is 247 g/mol. The number of aryl methyl sites for hydroxylation is 1. The maximum absolute atomic E-state index is 11.6. The lowest BCUT2D eigenvalue weighted by atomic mass is 10.3. The highest BCUT2D eigenvalue weighted by Gasteiger charge is 2.05. The molecule has 18 heavy (non-hydrogen) atoms. The van der Waals surface area contributed by atoms with E-state index in [0.29, 0.717) is 12.4 Å². The minimum atomic E-state index is -0.142. The molecule has 0 amide bonds. The fourth-order valence-electron chi connectivity index (χ4n) is 1.67. The van der Waals surface area contributed by atoms with Crippen LogP contribution in [0.4, 0.5) is 0 Å². The van der Waals surface area contributed by atoms with Gasteiger partial charge in [0.2, 0.25) is 0 Å². The standard InChI is InChI=1S/C12H17N5O/c1-3-4-13-7-10-5-11(18)16-12(15-10)9-6-14-17(2)8-9/h5-6,8,13H,3-4,7H2,1-2H3,(H,15,16,18). The van der Waals surface area contributed by atoms with Crippen LogP contribution in [0.25, 0.3) is 11.4 Å². The van der Waals surface area contributed by atoms with E-state index in [1.807, 2.05) is 13.2 Å². The number of hydrogen-bond donors (Lipinski definition) is 2. The number of hydrogen-bond acceptors (Lipinski definition) is 4. The molecule has 2 heterocycles. The summed E-state index contributed by atoms with van der Waals surface area (Å²) < 4.78 is 1.68. The zero-order chi connectivity index (χ0) is 13.0. The van der Waals surface area contributed by atoms with Gasteiger partial charge in [-0.3, -0.25) is 9.48 Å². The Hall–Kier alpha value is -1.95. The lowest BCUT2D eigenvalue weighted by molar-refractivity contribution is 0.662. The average molecular weight is 247 g/mol. The molecule has 0 aromatic carbocycles. The van der Waals surface area contributed by atoms with Crippen molar-refractivity contribution in [3.63, 3.8) is 0 Å². The highest BCUT2D eigenvalue weighted by molar-refractivity contribution is 5.51. The fourth-order valence-corrected chi connectivity index (χ4v) is 1.67. The zero-order valence-corrected chi connectivity index (χ0v) is 10.6. The van der Waals surface area contributed by atoms with Gasteiger partial charge in [-0.25, -0.2) is 4.98 Å². The first kappa shape index (κ1) is 12.5. The van der Waals surface area contributed by atoms with Gasteiger partial charge < -0.3 is 10.3 Å². The Balaban J connectivity index is 2.24. The Kier molecular flexibility index (Phi) is 3.88. The number of nitrogens with zero attached hydrogens (tertiary/aromatic N) is 3. The minimum Gasteiger partial charge on any atom is -0.311 e. The quantitative estimate of drug-likeness (QED) is 0.761. The number of rotatable bonds is 5. The lowest BCUT2D eigenvalue weighted by Crippen LogP contribution is -2.18. The van der Waals surface area contributed by atoms with Crippen LogP contribution in [0.2, 0.25) is 0 Å². The van der Waals surface area contributed by atoms with Crippen molar-refractivity contribution >= 4 is 0 Å². The predicted octanol–water partition coefficient (Wildman–Crippen LogP) is 0.670. The van der Waals surface area contributed by atoms with Crippen LogP contribution in [0, 0.1) is 0 Å². The molecule has 0 bridgehead atoms. The lowest BCUT2D eigenvalue weighted by Gasteiger charge is -2.04. The molecule has 6 heteroatoms. The van der Waals surface area contributed by atoms with Crippen molar-refractivity contribution in [2.24, 2.45) is 7.05 Å². The molecule has 2 rings (SSSR count). The summed E-state index contributed by atoms with van der Waals surface area (Å²) in [5.74, 6) is 0.559. The van der Waals surface area contributed by atoms with Gasteiger partial charge in [-0.15, -0.1) is 0 Å². The molecule has 0 radical (unpaired) electrons. The van der Waals surface area contributed by atoms with E-state index in [1.54, 1.807) is 10.9 Å². The van der Waals surface area contributed by atoms with Crippen LogP contribution in [0.1, 0.15) is 19.0 Å². The van der Waals surface area contributed by atoms with Crippen molar-refractivity contribution < 1.29 is 0 Å². The SMILES string of the molecule is CCCNCc1cc(=O)[nH]c(-c2cnn(C)c2)n1. The second-order valence-electron chi connectivity index (χ2n) is 4.16. The van der Waals surface area contributed by atoms with E-state index in [2.05, 4.69) is 27.3 Å². The Morgan fingerprint density at radius 2 is 2.33 bits per heavy atom. The van der Waals surface area contributed by atoms with Crippen LogP contribution in [-0.4, -0.2) is 26.3 Å². The Bertz CT molecular complexity index is 572. The van der Waals surface area contributed by atoms with Gasteiger partial charge in [-0.05, 0) is 13.0 Å². The molecule has 0 saturated heterocycles. The van der Waals surface area contributed by atoms with Crippen LogP contribution >= 0.6 is 0 Å². The van der Waals surface area contributed by atoms with E-state index in [4.69, 9.17) is 0 Å². The van der Waals surface area contributed by atoms with Gasteiger partial charge >= 0.3 is 0 Å². The van der Waals surface area contributed by atoms with Gasteiger partial charge in [0.15, 0.2) is 0 Å². The molecule has 0 saturated carbocycles. The van der Waals surface area contributed by atoms with Crippen LogP contribution in [0.3, 0.4) is 0 Å². The minimum absolute atomic E-state index is 0.142. The summed E-state index contributed by atoms with van der Waals surface area (Å²) in [7, 11) is 1.83. The first-order valence-corrected chi connectivity index (χ1v) is 5.99. The van der Waals surface area contributed by atoms with Crippen LogP contribution in [0.5, 0.6) is 0 Å². The number of aromatic nitrogens is 4. The molecule has 0 atom stereocenters. The van der Waals surface area contributed by atoms with E-state index < -0.39 is 0 Å². The van der Waals surface area contributed by atoms with Crippen LogP contribution < -0.4 is 10.9 Å². The molecule has 2 N–H and O–H groups in total. The maximum atomic E-state index is 11.6. The fraction of sp³-hybridized carbons (Fsp3) is 0.417. The molecule has 0 fully saturated rings. The van der Waals surface area contributed by atoms with Gasteiger partial charge in [0, 0.05) is 25.9 Å². The highest BCUT2D eigenvalue weighted by atomic mass is 16.1. The summed E-state index contributed by atoms with van der Waals surface area (Å²) >= 11 is 0. The summed E-state index contributed by atoms with van der Waals surface area (Å²) in [6.45, 7) is 3.61. The number of aromatic amines is 1. The molecule has 0 aliphatic heterocycles. The van der Waals surface area contributed by atoms with Gasteiger partial charge in [0.05, 0.1) is 17.5 Å². The normalized spacial score (nSPS) is 10.8. The second-order valence-corrected chi connectivity index (χ2v) is 4.16. The third-order valence-electron chi connectivity index (χ3n) is 2.51. The summed E-state index contributed by atoms with van der Waals surface area (Å²) in [4.78, 5) is 18.7. The van der Waals surface area contributed by atoms with Gasteiger partial charge in [-0.2, -0.15) is 5.10 Å². The third kappa shape index (κ3) is 3.04. The second kappa shape index (κ2) is 5.59. The summed E-state index contributed by atoms with van der Waals surface area (Å²) in [6, 6.07) is 1.52. The van der Waals surface area contributed by atoms with Crippen LogP contribution in [-0.2, 0) is 13.6 Å². The average Bonchev–Trinajstić information content (AvgIpc) is 2.76. The molecule has 2 aromatic heterocycles. The Morgan fingerprint density at radius 1 is 1.50 bits per heavy atom. The molecule has 96 valence electrons. The predicted molar refractivity (Wildman–Crippen MR) is 69.1 cm³/mol. The molecular formula is C12H17N5O. The molecule has 2 aromatic rings. The van der Waals surface area contributed by atoms with Crippen molar-refractivity contribution in [1.29, 1.82) is 0 Å². The van der Waals surface area contributed by atoms with E-state index in [0.717, 1.165) is 24.2 Å². The van der Waals surface area contributed by atoms with Gasteiger partial charge in [-0.1, -0.05) is 6.92 Å². The van der Waals surface area contributed by atoms with Crippen molar-refractivity contribution in [2.45, 2.75) is 19.9 Å². The molecular weight excluding hydrogens is 230 g/mol. The van der Waals surface area contributed by atoms with E-state index in [1.165, 1.54) is 6.07 Å². The van der Waals surface area contributed by atoms with Gasteiger partial charge in [0.25, 0.3) is 5.56 Å². The first-order valence-electron chi connectivity index (χ1n) is 5.99. The summed E-state index contributed by atoms with van der Waals surface area (Å²) in [5.41, 5.74) is 1.41. The maximum Gasteiger partial charge on any atom is 0.251 e. The zero-order valence-electron chi connectivity index (χ0n) is 10.6. The van der Waals surface area contributed by atoms with Gasteiger partial charge in [0.1, 0.15) is 5.82 Å². The number of nitrogens with one attached hydrogen (secondary N) is 2. The third-order valence-corrected chi connectivity index (χ3v) is 2.51. The van der Waals surface area contributed by atoms with E-state index in [-0.39, 0.29) is 5.56 Å². The molecule has 0 aliphatic carbocycles. The van der Waals surface area contributed by atoms with Crippen molar-refractivity contribution in [2.75, 3.05) is 6.54 Å². The first-order chi connectivity index (χ1) is 8.69. The molecule has 6 nitrogen and oxygen atoms in total. The van der Waals surface area contributed by atoms with Crippen molar-refractivity contribution in [3.05, 3.63) is 34.5 Å². The summed E-state index contributed by atoms with van der Waals surface area (Å²) in [5, 5.41) is 7.29. The largest absolute Gasteiger partial charge is 0.311 e. The smallest absolute Gasteiger partial charge is 0.251 e. The van der Waals surface area contributed by atoms with Crippen molar-refractivity contribution in [3.8, 4) is 11.4 Å². The molecule has 0 unspecified atom stereocenters. The Morgan fingerprint density at radius 3 is 3.00 bits per heavy atom. The highest BCUT2D eigenvalue weighted by Crippen LogP contribution is 2.11. The van der Waals surface area contributed by atoms with E-state index >= 15 is 0 Å².